The van der Waals surface area contributed by atoms with E-state index in [4.69, 9.17) is 16.6 Å². The van der Waals surface area contributed by atoms with E-state index in [1.165, 1.54) is 17.7 Å². The third kappa shape index (κ3) is 4.02. The molecule has 0 bridgehead atoms. The first kappa shape index (κ1) is 19.7. The summed E-state index contributed by atoms with van der Waals surface area (Å²) in [5.41, 5.74) is 5.19. The van der Waals surface area contributed by atoms with E-state index >= 15 is 0 Å². The standard InChI is InChI=1S/C25H19ClFN3O/c26-19-5-1-15(2-6-19)16-4-8-21(22(27)12-16)25(31)29-20-7-3-17-11-18-14-28-10-9-23(18)30-24(17)13-20/h1-8,11-13,28H,9-10,14H2,(H,29,31). The van der Waals surface area contributed by atoms with E-state index < -0.39 is 11.7 Å². The van der Waals surface area contributed by atoms with Crippen LogP contribution in [-0.2, 0) is 13.0 Å². The lowest BCUT2D eigenvalue weighted by Gasteiger charge is -2.17. The zero-order valence-electron chi connectivity index (χ0n) is 16.6. The molecule has 0 saturated heterocycles. The molecule has 31 heavy (non-hydrogen) atoms. The SMILES string of the molecule is O=C(Nc1ccc2cc3c(nc2c1)CCNC3)c1ccc(-c2ccc(Cl)cc2)cc1F. The van der Waals surface area contributed by atoms with Gasteiger partial charge in [0.2, 0.25) is 0 Å². The second-order valence-corrected chi connectivity index (χ2v) is 8.02. The van der Waals surface area contributed by atoms with Crippen LogP contribution in [0.4, 0.5) is 10.1 Å². The van der Waals surface area contributed by atoms with Crippen LogP contribution in [0.15, 0.2) is 66.7 Å². The first-order valence-corrected chi connectivity index (χ1v) is 10.4. The molecule has 0 unspecified atom stereocenters. The van der Waals surface area contributed by atoms with Gasteiger partial charge in [0.15, 0.2) is 0 Å². The minimum absolute atomic E-state index is 0.0118. The smallest absolute Gasteiger partial charge is 0.258 e. The van der Waals surface area contributed by atoms with Crippen molar-refractivity contribution in [2.45, 2.75) is 13.0 Å². The topological polar surface area (TPSA) is 54.0 Å². The predicted octanol–water partition coefficient (Wildman–Crippen LogP) is 5.59. The van der Waals surface area contributed by atoms with Crippen LogP contribution in [0.2, 0.25) is 5.02 Å². The molecule has 154 valence electrons. The number of benzene rings is 3. The third-order valence-corrected chi connectivity index (χ3v) is 5.74. The van der Waals surface area contributed by atoms with Gasteiger partial charge in [-0.2, -0.15) is 0 Å². The molecular formula is C25H19ClFN3O. The number of carbonyl (C=O) groups excluding carboxylic acids is 1. The van der Waals surface area contributed by atoms with Gasteiger partial charge in [0.1, 0.15) is 5.82 Å². The minimum Gasteiger partial charge on any atom is -0.322 e. The van der Waals surface area contributed by atoms with Gasteiger partial charge in [-0.25, -0.2) is 4.39 Å². The number of nitrogens with one attached hydrogen (secondary N) is 2. The van der Waals surface area contributed by atoms with Crippen LogP contribution in [0.25, 0.3) is 22.0 Å². The van der Waals surface area contributed by atoms with Gasteiger partial charge >= 0.3 is 0 Å². The molecule has 4 aromatic rings. The van der Waals surface area contributed by atoms with Crippen molar-refractivity contribution in [1.82, 2.24) is 10.3 Å². The molecule has 3 aromatic carbocycles. The van der Waals surface area contributed by atoms with Crippen LogP contribution in [0.1, 0.15) is 21.6 Å². The zero-order valence-corrected chi connectivity index (χ0v) is 17.3. The number of amides is 1. The Bertz CT molecular complexity index is 1300. The fraction of sp³-hybridized carbons (Fsp3) is 0.120. The Kier molecular flexibility index (Phi) is 5.14. The number of nitrogens with zero attached hydrogens (tertiary/aromatic N) is 1. The maximum absolute atomic E-state index is 14.7. The Labute approximate surface area is 184 Å². The first-order valence-electron chi connectivity index (χ1n) is 10.1. The van der Waals surface area contributed by atoms with E-state index in [1.54, 1.807) is 18.2 Å². The molecule has 5 rings (SSSR count). The molecule has 0 saturated carbocycles. The fourth-order valence-corrected chi connectivity index (χ4v) is 3.97. The molecular weight excluding hydrogens is 413 g/mol. The Morgan fingerprint density at radius 1 is 1.00 bits per heavy atom. The highest BCUT2D eigenvalue weighted by molar-refractivity contribution is 6.30. The van der Waals surface area contributed by atoms with Crippen LogP contribution in [0.5, 0.6) is 0 Å². The van der Waals surface area contributed by atoms with Crippen molar-refractivity contribution < 1.29 is 9.18 Å². The first-order chi connectivity index (χ1) is 15.1. The van der Waals surface area contributed by atoms with E-state index in [-0.39, 0.29) is 5.56 Å². The molecule has 0 spiro atoms. The van der Waals surface area contributed by atoms with Crippen LogP contribution in [0.3, 0.4) is 0 Å². The summed E-state index contributed by atoms with van der Waals surface area (Å²) in [4.78, 5) is 17.4. The lowest BCUT2D eigenvalue weighted by Crippen LogP contribution is -2.24. The molecule has 1 amide bonds. The van der Waals surface area contributed by atoms with Crippen molar-refractivity contribution in [1.29, 1.82) is 0 Å². The summed E-state index contributed by atoms with van der Waals surface area (Å²) in [5.74, 6) is -1.08. The van der Waals surface area contributed by atoms with E-state index in [0.717, 1.165) is 41.7 Å². The number of aromatic nitrogens is 1. The van der Waals surface area contributed by atoms with Gasteiger partial charge in [-0.1, -0.05) is 35.9 Å². The quantitative estimate of drug-likeness (QED) is 0.444. The van der Waals surface area contributed by atoms with Gasteiger partial charge in [0.05, 0.1) is 11.1 Å². The van der Waals surface area contributed by atoms with E-state index in [1.807, 2.05) is 30.3 Å². The van der Waals surface area contributed by atoms with Crippen LogP contribution >= 0.6 is 11.6 Å². The number of anilines is 1. The number of halogens is 2. The normalized spacial score (nSPS) is 13.1. The highest BCUT2D eigenvalue weighted by Crippen LogP contribution is 2.25. The Morgan fingerprint density at radius 3 is 2.61 bits per heavy atom. The second kappa shape index (κ2) is 8.10. The predicted molar refractivity (Wildman–Crippen MR) is 122 cm³/mol. The second-order valence-electron chi connectivity index (χ2n) is 7.58. The maximum atomic E-state index is 14.7. The van der Waals surface area contributed by atoms with Gasteiger partial charge in [-0.3, -0.25) is 9.78 Å². The molecule has 2 N–H and O–H groups in total. The Hall–Kier alpha value is -3.28. The summed E-state index contributed by atoms with van der Waals surface area (Å²) in [6, 6.07) is 19.4. The molecule has 1 aromatic heterocycles. The van der Waals surface area contributed by atoms with Gasteiger partial charge < -0.3 is 10.6 Å². The number of pyridine rings is 1. The lowest BCUT2D eigenvalue weighted by molar-refractivity contribution is 0.102. The van der Waals surface area contributed by atoms with Gasteiger partial charge in [0.25, 0.3) is 5.91 Å². The van der Waals surface area contributed by atoms with Gasteiger partial charge in [-0.05, 0) is 59.2 Å². The number of fused-ring (bicyclic) bond motifs is 2. The average Bonchev–Trinajstić information content (AvgIpc) is 2.78. The van der Waals surface area contributed by atoms with E-state index in [2.05, 4.69) is 16.7 Å². The summed E-state index contributed by atoms with van der Waals surface area (Å²) >= 11 is 5.91. The molecule has 0 fully saturated rings. The largest absolute Gasteiger partial charge is 0.322 e. The minimum atomic E-state index is -0.578. The van der Waals surface area contributed by atoms with Crippen LogP contribution in [-0.4, -0.2) is 17.4 Å². The van der Waals surface area contributed by atoms with E-state index in [9.17, 15) is 9.18 Å². The van der Waals surface area contributed by atoms with Crippen molar-refractivity contribution in [3.63, 3.8) is 0 Å². The number of rotatable bonds is 3. The Balaban J connectivity index is 1.39. The molecule has 2 heterocycles. The van der Waals surface area contributed by atoms with Gasteiger partial charge in [0, 0.05) is 41.3 Å². The fourth-order valence-electron chi connectivity index (χ4n) is 3.85. The summed E-state index contributed by atoms with van der Waals surface area (Å²) in [5, 5.41) is 7.76. The summed E-state index contributed by atoms with van der Waals surface area (Å²) in [7, 11) is 0. The lowest BCUT2D eigenvalue weighted by atomic mass is 10.0. The average molecular weight is 432 g/mol. The summed E-state index contributed by atoms with van der Waals surface area (Å²) in [6.45, 7) is 1.73. The summed E-state index contributed by atoms with van der Waals surface area (Å²) in [6.07, 6.45) is 0.882. The maximum Gasteiger partial charge on any atom is 0.258 e. The molecule has 6 heteroatoms. The zero-order chi connectivity index (χ0) is 21.4. The third-order valence-electron chi connectivity index (χ3n) is 5.49. The van der Waals surface area contributed by atoms with Crippen molar-refractivity contribution in [2.75, 3.05) is 11.9 Å². The van der Waals surface area contributed by atoms with E-state index in [0.29, 0.717) is 16.3 Å². The van der Waals surface area contributed by atoms with Crippen molar-refractivity contribution in [3.05, 3.63) is 94.4 Å². The molecule has 0 atom stereocenters. The Morgan fingerprint density at radius 2 is 1.81 bits per heavy atom. The monoisotopic (exact) mass is 431 g/mol. The summed E-state index contributed by atoms with van der Waals surface area (Å²) < 4.78 is 14.7. The van der Waals surface area contributed by atoms with Crippen molar-refractivity contribution in [3.8, 4) is 11.1 Å². The van der Waals surface area contributed by atoms with Crippen LogP contribution in [0, 0.1) is 5.82 Å². The molecule has 0 aliphatic carbocycles. The number of hydrogen-bond acceptors (Lipinski definition) is 3. The highest BCUT2D eigenvalue weighted by Gasteiger charge is 2.15. The molecule has 4 nitrogen and oxygen atoms in total. The van der Waals surface area contributed by atoms with Crippen molar-refractivity contribution in [2.24, 2.45) is 0 Å². The highest BCUT2D eigenvalue weighted by atomic mass is 35.5. The molecule has 1 aliphatic rings. The molecule has 1 aliphatic heterocycles. The number of hydrogen-bond donors (Lipinski definition) is 2. The van der Waals surface area contributed by atoms with Crippen molar-refractivity contribution >= 4 is 34.1 Å². The van der Waals surface area contributed by atoms with Crippen LogP contribution < -0.4 is 10.6 Å². The van der Waals surface area contributed by atoms with Gasteiger partial charge in [-0.15, -0.1) is 0 Å². The number of carbonyl (C=O) groups is 1. The molecule has 0 radical (unpaired) electrons.